The summed E-state index contributed by atoms with van der Waals surface area (Å²) in [6.45, 7) is 0. The van der Waals surface area contributed by atoms with Crippen LogP contribution in [-0.2, 0) is 0 Å². The molecule has 2 aromatic heterocycles. The highest BCUT2D eigenvalue weighted by molar-refractivity contribution is 5.87. The van der Waals surface area contributed by atoms with Gasteiger partial charge in [-0.25, -0.2) is 4.79 Å². The van der Waals surface area contributed by atoms with Gasteiger partial charge in [0.05, 0.1) is 11.9 Å². The van der Waals surface area contributed by atoms with Crippen LogP contribution in [0.3, 0.4) is 0 Å². The minimum atomic E-state index is -1.24. The first-order valence-electron chi connectivity index (χ1n) is 4.14. The first-order chi connectivity index (χ1) is 7.20. The Morgan fingerprint density at radius 2 is 2.33 bits per heavy atom. The quantitative estimate of drug-likeness (QED) is 0.736. The fraction of sp³-hybridized carbons (Fsp3) is 0. The third-order valence-corrected chi connectivity index (χ3v) is 1.94. The van der Waals surface area contributed by atoms with E-state index in [0.717, 1.165) is 0 Å². The number of rotatable bonds is 2. The first-order valence-corrected chi connectivity index (χ1v) is 4.14. The van der Waals surface area contributed by atoms with Crippen LogP contribution in [0.15, 0.2) is 35.5 Å². The van der Waals surface area contributed by atoms with E-state index in [1.165, 1.54) is 35.3 Å². The van der Waals surface area contributed by atoms with Crippen molar-refractivity contribution in [3.8, 4) is 5.69 Å². The number of hydrogen-bond acceptors (Lipinski definition) is 3. The zero-order valence-corrected chi connectivity index (χ0v) is 7.54. The van der Waals surface area contributed by atoms with Crippen molar-refractivity contribution in [2.75, 3.05) is 0 Å². The molecule has 0 bridgehead atoms. The zero-order chi connectivity index (χ0) is 10.8. The summed E-state index contributed by atoms with van der Waals surface area (Å²) in [6, 6.07) is 2.76. The molecule has 0 spiro atoms. The Labute approximate surface area is 83.8 Å². The Morgan fingerprint density at radius 1 is 1.53 bits per heavy atom. The second kappa shape index (κ2) is 3.41. The van der Waals surface area contributed by atoms with Gasteiger partial charge in [0, 0.05) is 12.4 Å². The van der Waals surface area contributed by atoms with Crippen molar-refractivity contribution in [3.05, 3.63) is 46.6 Å². The van der Waals surface area contributed by atoms with E-state index in [2.05, 4.69) is 10.2 Å². The van der Waals surface area contributed by atoms with Gasteiger partial charge >= 0.3 is 5.97 Å². The highest BCUT2D eigenvalue weighted by Crippen LogP contribution is 2.01. The monoisotopic (exact) mass is 205 g/mol. The third kappa shape index (κ3) is 1.52. The number of pyridine rings is 1. The highest BCUT2D eigenvalue weighted by atomic mass is 16.4. The number of carboxylic acids is 1. The van der Waals surface area contributed by atoms with Crippen LogP contribution in [0.4, 0.5) is 0 Å². The number of aromatic nitrogens is 3. The molecule has 6 heteroatoms. The maximum Gasteiger partial charge on any atom is 0.341 e. The molecule has 0 fully saturated rings. The summed E-state index contributed by atoms with van der Waals surface area (Å²) in [4.78, 5) is 22.4. The summed E-state index contributed by atoms with van der Waals surface area (Å²) in [5, 5.41) is 15.0. The van der Waals surface area contributed by atoms with E-state index < -0.39 is 11.5 Å². The fourth-order valence-corrected chi connectivity index (χ4v) is 1.24. The largest absolute Gasteiger partial charge is 0.477 e. The molecule has 0 aliphatic carbocycles. The molecular formula is C9H7N3O3. The van der Waals surface area contributed by atoms with Gasteiger partial charge in [-0.2, -0.15) is 5.10 Å². The van der Waals surface area contributed by atoms with Gasteiger partial charge in [-0.3, -0.25) is 14.5 Å². The van der Waals surface area contributed by atoms with E-state index in [-0.39, 0.29) is 5.56 Å². The molecule has 0 amide bonds. The van der Waals surface area contributed by atoms with Gasteiger partial charge in [-0.15, -0.1) is 0 Å². The second-order valence-electron chi connectivity index (χ2n) is 2.86. The molecule has 0 saturated carbocycles. The third-order valence-electron chi connectivity index (χ3n) is 1.94. The standard InChI is InChI=1S/C9H7N3O3/c13-8-7(9(14)15)2-1-3-12(8)6-4-10-11-5-6/h1-5H,(H,10,11)(H,14,15). The van der Waals surface area contributed by atoms with E-state index in [9.17, 15) is 9.59 Å². The summed E-state index contributed by atoms with van der Waals surface area (Å²) in [5.74, 6) is -1.24. The van der Waals surface area contributed by atoms with Gasteiger partial charge in [0.25, 0.3) is 5.56 Å². The maximum absolute atomic E-state index is 11.6. The lowest BCUT2D eigenvalue weighted by atomic mass is 10.3. The van der Waals surface area contributed by atoms with Crippen LogP contribution in [0.2, 0.25) is 0 Å². The molecule has 0 radical (unpaired) electrons. The maximum atomic E-state index is 11.6. The molecule has 2 rings (SSSR count). The number of nitrogens with zero attached hydrogens (tertiary/aromatic N) is 2. The molecule has 0 saturated heterocycles. The molecule has 0 atom stereocenters. The van der Waals surface area contributed by atoms with E-state index in [4.69, 9.17) is 5.11 Å². The lowest BCUT2D eigenvalue weighted by molar-refractivity contribution is 0.0694. The molecular weight excluding hydrogens is 198 g/mol. The van der Waals surface area contributed by atoms with Crippen molar-refractivity contribution in [2.45, 2.75) is 0 Å². The molecule has 15 heavy (non-hydrogen) atoms. The molecule has 2 heterocycles. The Kier molecular flexibility index (Phi) is 2.09. The average Bonchev–Trinajstić information content (AvgIpc) is 2.70. The van der Waals surface area contributed by atoms with Gasteiger partial charge in [0.15, 0.2) is 0 Å². The number of aromatic carboxylic acids is 1. The van der Waals surface area contributed by atoms with Crippen LogP contribution in [-0.4, -0.2) is 25.8 Å². The van der Waals surface area contributed by atoms with Gasteiger partial charge in [0.1, 0.15) is 5.56 Å². The van der Waals surface area contributed by atoms with Gasteiger partial charge in [0.2, 0.25) is 0 Å². The van der Waals surface area contributed by atoms with E-state index in [1.807, 2.05) is 0 Å². The summed E-state index contributed by atoms with van der Waals surface area (Å²) < 4.78 is 1.22. The lowest BCUT2D eigenvalue weighted by Gasteiger charge is -2.01. The number of carboxylic acid groups (broad SMARTS) is 1. The fourth-order valence-electron chi connectivity index (χ4n) is 1.24. The molecule has 2 aromatic rings. The number of nitrogens with one attached hydrogen (secondary N) is 1. The smallest absolute Gasteiger partial charge is 0.341 e. The second-order valence-corrected chi connectivity index (χ2v) is 2.86. The Bertz CT molecular complexity index is 542. The molecule has 76 valence electrons. The van der Waals surface area contributed by atoms with E-state index in [0.29, 0.717) is 5.69 Å². The van der Waals surface area contributed by atoms with Crippen LogP contribution in [0.5, 0.6) is 0 Å². The minimum Gasteiger partial charge on any atom is -0.477 e. The molecule has 0 unspecified atom stereocenters. The van der Waals surface area contributed by atoms with E-state index in [1.54, 1.807) is 0 Å². The Morgan fingerprint density at radius 3 is 2.93 bits per heavy atom. The first kappa shape index (κ1) is 9.20. The van der Waals surface area contributed by atoms with E-state index >= 15 is 0 Å². The molecule has 2 N–H and O–H groups in total. The van der Waals surface area contributed by atoms with Crippen LogP contribution >= 0.6 is 0 Å². The van der Waals surface area contributed by atoms with Crippen molar-refractivity contribution in [1.29, 1.82) is 0 Å². The predicted octanol–water partition coefficient (Wildman–Crippen LogP) is 0.259. The zero-order valence-electron chi connectivity index (χ0n) is 7.54. The summed E-state index contributed by atoms with van der Waals surface area (Å²) >= 11 is 0. The Hall–Kier alpha value is -2.37. The van der Waals surface area contributed by atoms with Crippen molar-refractivity contribution < 1.29 is 9.90 Å². The highest BCUT2D eigenvalue weighted by Gasteiger charge is 2.10. The number of carbonyl (C=O) groups is 1. The number of hydrogen-bond donors (Lipinski definition) is 2. The van der Waals surface area contributed by atoms with Crippen LogP contribution in [0, 0.1) is 0 Å². The molecule has 0 aliphatic rings. The SMILES string of the molecule is O=C(O)c1cccn(-c2cn[nH]c2)c1=O. The summed E-state index contributed by atoms with van der Waals surface area (Å²) in [5.41, 5.74) is -0.340. The lowest BCUT2D eigenvalue weighted by Crippen LogP contribution is -2.23. The van der Waals surface area contributed by atoms with Gasteiger partial charge in [-0.05, 0) is 12.1 Å². The number of H-pyrrole nitrogens is 1. The molecule has 6 nitrogen and oxygen atoms in total. The van der Waals surface area contributed by atoms with Crippen LogP contribution < -0.4 is 5.56 Å². The summed E-state index contributed by atoms with van der Waals surface area (Å²) in [6.07, 6.45) is 4.43. The summed E-state index contributed by atoms with van der Waals surface area (Å²) in [7, 11) is 0. The predicted molar refractivity (Wildman–Crippen MR) is 51.1 cm³/mol. The van der Waals surface area contributed by atoms with Crippen molar-refractivity contribution in [1.82, 2.24) is 14.8 Å². The minimum absolute atomic E-state index is 0.265. The van der Waals surface area contributed by atoms with Crippen LogP contribution in [0.25, 0.3) is 5.69 Å². The molecule has 0 aliphatic heterocycles. The van der Waals surface area contributed by atoms with Crippen LogP contribution in [0.1, 0.15) is 10.4 Å². The number of aromatic amines is 1. The van der Waals surface area contributed by atoms with Gasteiger partial charge in [-0.1, -0.05) is 0 Å². The Balaban J connectivity index is 2.65. The normalized spacial score (nSPS) is 10.1. The topological polar surface area (TPSA) is 88.0 Å². The van der Waals surface area contributed by atoms with Crippen molar-refractivity contribution in [3.63, 3.8) is 0 Å². The molecule has 0 aromatic carbocycles. The average molecular weight is 205 g/mol. The van der Waals surface area contributed by atoms with Gasteiger partial charge < -0.3 is 5.11 Å². The van der Waals surface area contributed by atoms with Crippen molar-refractivity contribution >= 4 is 5.97 Å². The van der Waals surface area contributed by atoms with Crippen molar-refractivity contribution in [2.24, 2.45) is 0 Å².